The molecular weight excluding hydrogens is 362 g/mol. The van der Waals surface area contributed by atoms with Crippen LogP contribution in [0.3, 0.4) is 0 Å². The van der Waals surface area contributed by atoms with Crippen molar-refractivity contribution in [3.05, 3.63) is 22.2 Å². The summed E-state index contributed by atoms with van der Waals surface area (Å²) in [5.41, 5.74) is 1.12. The molecule has 0 aliphatic heterocycles. The molecule has 1 N–H and O–H groups in total. The number of hydrogen-bond donors (Lipinski definition) is 1. The number of ether oxygens (including phenoxy) is 3. The van der Waals surface area contributed by atoms with Crippen LogP contribution in [0.5, 0.6) is 11.5 Å². The lowest BCUT2D eigenvalue weighted by atomic mass is 9.86. The molecule has 0 spiro atoms. The minimum Gasteiger partial charge on any atom is -0.493 e. The van der Waals surface area contributed by atoms with E-state index in [0.29, 0.717) is 11.8 Å². The molecular formula is C17H24BrNO4. The summed E-state index contributed by atoms with van der Waals surface area (Å²) in [6.07, 6.45) is 3.75. The van der Waals surface area contributed by atoms with Crippen molar-refractivity contribution >= 4 is 21.9 Å². The summed E-state index contributed by atoms with van der Waals surface area (Å²) >= 11 is 3.58. The van der Waals surface area contributed by atoms with Gasteiger partial charge in [0.05, 0.1) is 27.2 Å². The number of hydrogen-bond acceptors (Lipinski definition) is 5. The Balaban J connectivity index is 1.91. The first-order valence-corrected chi connectivity index (χ1v) is 8.60. The second-order valence-electron chi connectivity index (χ2n) is 5.75. The Kier molecular flexibility index (Phi) is 6.72. The first-order chi connectivity index (χ1) is 11.1. The molecule has 0 atom stereocenters. The fraction of sp³-hybridized carbons (Fsp3) is 0.588. The van der Waals surface area contributed by atoms with Gasteiger partial charge in [-0.2, -0.15) is 0 Å². The highest BCUT2D eigenvalue weighted by molar-refractivity contribution is 9.10. The van der Waals surface area contributed by atoms with Crippen LogP contribution in [0, 0.1) is 5.92 Å². The van der Waals surface area contributed by atoms with Crippen molar-refractivity contribution in [1.82, 2.24) is 5.32 Å². The van der Waals surface area contributed by atoms with Crippen LogP contribution in [-0.2, 0) is 16.1 Å². The van der Waals surface area contributed by atoms with Gasteiger partial charge in [0.1, 0.15) is 0 Å². The van der Waals surface area contributed by atoms with Gasteiger partial charge < -0.3 is 19.5 Å². The number of methoxy groups -OCH3 is 3. The molecule has 1 saturated carbocycles. The topological polar surface area (TPSA) is 56.8 Å². The molecule has 0 radical (unpaired) electrons. The van der Waals surface area contributed by atoms with Crippen LogP contribution >= 0.6 is 15.9 Å². The van der Waals surface area contributed by atoms with E-state index in [4.69, 9.17) is 14.2 Å². The number of nitrogens with one attached hydrogen (secondary N) is 1. The van der Waals surface area contributed by atoms with Gasteiger partial charge >= 0.3 is 5.97 Å². The normalized spacial score (nSPS) is 20.9. The Labute approximate surface area is 145 Å². The van der Waals surface area contributed by atoms with Gasteiger partial charge in [0.2, 0.25) is 0 Å². The van der Waals surface area contributed by atoms with E-state index >= 15 is 0 Å². The van der Waals surface area contributed by atoms with Crippen LogP contribution in [0.15, 0.2) is 16.6 Å². The molecule has 0 saturated heterocycles. The molecule has 128 valence electrons. The third kappa shape index (κ3) is 4.61. The average molecular weight is 386 g/mol. The lowest BCUT2D eigenvalue weighted by molar-refractivity contribution is -0.146. The monoisotopic (exact) mass is 385 g/mol. The average Bonchev–Trinajstić information content (AvgIpc) is 2.60. The predicted molar refractivity (Wildman–Crippen MR) is 91.8 cm³/mol. The smallest absolute Gasteiger partial charge is 0.308 e. The lowest BCUT2D eigenvalue weighted by Crippen LogP contribution is -2.34. The summed E-state index contributed by atoms with van der Waals surface area (Å²) in [7, 11) is 4.72. The van der Waals surface area contributed by atoms with Crippen LogP contribution in [0.1, 0.15) is 31.2 Å². The second-order valence-corrected chi connectivity index (χ2v) is 6.61. The summed E-state index contributed by atoms with van der Waals surface area (Å²) in [4.78, 5) is 11.6. The molecule has 23 heavy (non-hydrogen) atoms. The van der Waals surface area contributed by atoms with Crippen LogP contribution in [0.2, 0.25) is 0 Å². The lowest BCUT2D eigenvalue weighted by Gasteiger charge is -2.28. The zero-order chi connectivity index (χ0) is 16.8. The van der Waals surface area contributed by atoms with Crippen molar-refractivity contribution in [2.24, 2.45) is 5.92 Å². The van der Waals surface area contributed by atoms with Gasteiger partial charge in [-0.1, -0.05) is 15.9 Å². The van der Waals surface area contributed by atoms with Crippen molar-refractivity contribution in [2.45, 2.75) is 38.3 Å². The predicted octanol–water partition coefficient (Wildman–Crippen LogP) is 3.29. The van der Waals surface area contributed by atoms with E-state index in [1.54, 1.807) is 14.2 Å². The van der Waals surface area contributed by atoms with Crippen LogP contribution in [0.4, 0.5) is 0 Å². The summed E-state index contributed by atoms with van der Waals surface area (Å²) in [6, 6.07) is 4.33. The largest absolute Gasteiger partial charge is 0.493 e. The molecule has 1 aliphatic rings. The maximum absolute atomic E-state index is 11.6. The van der Waals surface area contributed by atoms with E-state index in [9.17, 15) is 4.79 Å². The van der Waals surface area contributed by atoms with Crippen molar-refractivity contribution in [3.63, 3.8) is 0 Å². The molecule has 6 heteroatoms. The summed E-state index contributed by atoms with van der Waals surface area (Å²) in [5.74, 6) is 1.42. The van der Waals surface area contributed by atoms with Gasteiger partial charge in [-0.15, -0.1) is 0 Å². The van der Waals surface area contributed by atoms with E-state index in [1.807, 2.05) is 12.1 Å². The molecule has 5 nitrogen and oxygen atoms in total. The van der Waals surface area contributed by atoms with E-state index in [1.165, 1.54) is 7.11 Å². The maximum atomic E-state index is 11.6. The highest BCUT2D eigenvalue weighted by Gasteiger charge is 2.26. The Morgan fingerprint density at radius 2 is 1.74 bits per heavy atom. The first kappa shape index (κ1) is 18.1. The number of carbonyl (C=O) groups excluding carboxylic acids is 1. The van der Waals surface area contributed by atoms with Crippen LogP contribution in [0.25, 0.3) is 0 Å². The van der Waals surface area contributed by atoms with Gasteiger partial charge in [-0.3, -0.25) is 4.79 Å². The van der Waals surface area contributed by atoms with Gasteiger partial charge in [0.25, 0.3) is 0 Å². The summed E-state index contributed by atoms with van der Waals surface area (Å²) in [5, 5.41) is 3.57. The summed E-state index contributed by atoms with van der Waals surface area (Å²) < 4.78 is 16.5. The Bertz CT molecular complexity index is 542. The highest BCUT2D eigenvalue weighted by atomic mass is 79.9. The molecule has 1 aromatic carbocycles. The van der Waals surface area contributed by atoms with Crippen LogP contribution < -0.4 is 14.8 Å². The number of halogens is 1. The highest BCUT2D eigenvalue weighted by Crippen LogP contribution is 2.33. The van der Waals surface area contributed by atoms with Gasteiger partial charge in [0.15, 0.2) is 11.5 Å². The summed E-state index contributed by atoms with van der Waals surface area (Å²) in [6.45, 7) is 0.745. The van der Waals surface area contributed by atoms with E-state index in [0.717, 1.165) is 48.0 Å². The van der Waals surface area contributed by atoms with E-state index in [2.05, 4.69) is 21.2 Å². The molecule has 2 rings (SSSR count). The van der Waals surface area contributed by atoms with Gasteiger partial charge in [0, 0.05) is 17.1 Å². The molecule has 1 fully saturated rings. The molecule has 1 aliphatic carbocycles. The third-order valence-electron chi connectivity index (χ3n) is 4.40. The molecule has 0 amide bonds. The zero-order valence-electron chi connectivity index (χ0n) is 13.9. The van der Waals surface area contributed by atoms with E-state index in [-0.39, 0.29) is 11.9 Å². The number of rotatable bonds is 6. The standard InChI is InChI=1S/C17H24BrNO4/c1-21-15-8-12(14(18)9-16(15)22-2)10-19-13-6-4-11(5-7-13)17(20)23-3/h8-9,11,13,19H,4-7,10H2,1-3H3. The Hall–Kier alpha value is -1.27. The molecule has 0 heterocycles. The van der Waals surface area contributed by atoms with Crippen molar-refractivity contribution in [3.8, 4) is 11.5 Å². The number of carbonyl (C=O) groups is 1. The van der Waals surface area contributed by atoms with Gasteiger partial charge in [-0.25, -0.2) is 0 Å². The van der Waals surface area contributed by atoms with Gasteiger partial charge in [-0.05, 0) is 43.4 Å². The van der Waals surface area contributed by atoms with Crippen LogP contribution in [-0.4, -0.2) is 33.3 Å². The number of benzene rings is 1. The SMILES string of the molecule is COC(=O)C1CCC(NCc2cc(OC)c(OC)cc2Br)CC1. The minimum absolute atomic E-state index is 0.0610. The fourth-order valence-electron chi connectivity index (χ4n) is 2.99. The fourth-order valence-corrected chi connectivity index (χ4v) is 3.45. The Morgan fingerprint density at radius 3 is 2.30 bits per heavy atom. The second kappa shape index (κ2) is 8.55. The van der Waals surface area contributed by atoms with Crippen molar-refractivity contribution in [1.29, 1.82) is 0 Å². The van der Waals surface area contributed by atoms with E-state index < -0.39 is 0 Å². The van der Waals surface area contributed by atoms with Crippen molar-refractivity contribution in [2.75, 3.05) is 21.3 Å². The quantitative estimate of drug-likeness (QED) is 0.761. The maximum Gasteiger partial charge on any atom is 0.308 e. The minimum atomic E-state index is -0.0777. The molecule has 0 aromatic heterocycles. The molecule has 0 unspecified atom stereocenters. The van der Waals surface area contributed by atoms with Crippen molar-refractivity contribution < 1.29 is 19.0 Å². The molecule has 1 aromatic rings. The molecule has 0 bridgehead atoms. The third-order valence-corrected chi connectivity index (χ3v) is 5.13. The first-order valence-electron chi connectivity index (χ1n) is 7.80. The Morgan fingerprint density at radius 1 is 1.13 bits per heavy atom. The number of esters is 1. The zero-order valence-corrected chi connectivity index (χ0v) is 15.4.